The smallest absolute Gasteiger partial charge is 0.381 e. The molecule has 1 aliphatic heterocycles. The molecular weight excluding hydrogens is 479 g/mol. The van der Waals surface area contributed by atoms with E-state index in [-0.39, 0.29) is 12.2 Å². The number of hydrogen-bond donors (Lipinski definition) is 1. The van der Waals surface area contributed by atoms with E-state index in [1.807, 2.05) is 6.07 Å². The number of ether oxygens (including phenoxy) is 1. The molecule has 0 aliphatic carbocycles. The van der Waals surface area contributed by atoms with Crippen molar-refractivity contribution in [2.45, 2.75) is 57.7 Å². The van der Waals surface area contributed by atoms with E-state index in [1.54, 1.807) is 44.3 Å². The molecule has 0 radical (unpaired) electrons. The van der Waals surface area contributed by atoms with Gasteiger partial charge in [0.2, 0.25) is 0 Å². The summed E-state index contributed by atoms with van der Waals surface area (Å²) in [6, 6.07) is 10.9. The first-order chi connectivity index (χ1) is 17.6. The van der Waals surface area contributed by atoms with Crippen molar-refractivity contribution in [3.8, 4) is 17.9 Å². The Hall–Kier alpha value is -3.56. The second-order valence-corrected chi connectivity index (χ2v) is 9.86. The van der Waals surface area contributed by atoms with E-state index in [1.165, 1.54) is 4.57 Å². The highest BCUT2D eigenvalue weighted by Crippen LogP contribution is 2.26. The summed E-state index contributed by atoms with van der Waals surface area (Å²) in [6.45, 7) is 4.25. The van der Waals surface area contributed by atoms with Crippen LogP contribution in [0, 0.1) is 29.1 Å². The predicted octanol–water partition coefficient (Wildman–Crippen LogP) is 5.62. The lowest BCUT2D eigenvalue weighted by Gasteiger charge is -2.21. The summed E-state index contributed by atoms with van der Waals surface area (Å²) in [5, 5.41) is 12.3. The van der Waals surface area contributed by atoms with Crippen molar-refractivity contribution in [1.29, 1.82) is 5.26 Å². The molecule has 37 heavy (non-hydrogen) atoms. The minimum atomic E-state index is -4.38. The first-order valence-corrected chi connectivity index (χ1v) is 12.4. The molecule has 1 fully saturated rings. The highest BCUT2D eigenvalue weighted by Gasteiger charge is 2.30. The largest absolute Gasteiger partial charge is 0.406 e. The fourth-order valence-corrected chi connectivity index (χ4v) is 4.37. The number of nitrogens with one attached hydrogen (secondary N) is 1. The third-order valence-electron chi connectivity index (χ3n) is 6.58. The topological polar surface area (TPSA) is 75.8 Å². The summed E-state index contributed by atoms with van der Waals surface area (Å²) < 4.78 is 46.6. The Morgan fingerprint density at radius 3 is 2.62 bits per heavy atom. The number of nitriles is 1. The summed E-state index contributed by atoms with van der Waals surface area (Å²) in [6.07, 6.45) is 1.09. The number of nitrogens with zero attached hydrogens (tertiary/aromatic N) is 4. The van der Waals surface area contributed by atoms with E-state index in [0.29, 0.717) is 28.3 Å². The van der Waals surface area contributed by atoms with Crippen LogP contribution < -0.4 is 5.32 Å². The summed E-state index contributed by atoms with van der Waals surface area (Å²) >= 11 is 0. The molecule has 0 saturated carbocycles. The maximum atomic E-state index is 13.3. The molecule has 0 bridgehead atoms. The van der Waals surface area contributed by atoms with Gasteiger partial charge in [0.05, 0.1) is 52.3 Å². The first-order valence-electron chi connectivity index (χ1n) is 12.4. The number of anilines is 1. The molecular formula is C28H30F3N5O. The molecule has 0 spiro atoms. The molecule has 1 N–H and O–H groups in total. The predicted molar refractivity (Wildman–Crippen MR) is 136 cm³/mol. The van der Waals surface area contributed by atoms with Gasteiger partial charge in [0.25, 0.3) is 0 Å². The van der Waals surface area contributed by atoms with Gasteiger partial charge in [-0.25, -0.2) is 0 Å². The van der Waals surface area contributed by atoms with Crippen LogP contribution in [0.2, 0.25) is 0 Å². The highest BCUT2D eigenvalue weighted by molar-refractivity contribution is 5.78. The molecule has 194 valence electrons. The van der Waals surface area contributed by atoms with Gasteiger partial charge >= 0.3 is 6.18 Å². The third kappa shape index (κ3) is 7.02. The van der Waals surface area contributed by atoms with Crippen LogP contribution in [0.3, 0.4) is 0 Å². The number of alkyl halides is 3. The zero-order valence-corrected chi connectivity index (χ0v) is 21.0. The summed E-state index contributed by atoms with van der Waals surface area (Å²) in [5.74, 6) is 6.38. The van der Waals surface area contributed by atoms with Gasteiger partial charge in [0.1, 0.15) is 6.54 Å². The quantitative estimate of drug-likeness (QED) is 0.419. The fraction of sp³-hybridized carbons (Fsp3) is 0.464. The molecule has 1 aliphatic rings. The van der Waals surface area contributed by atoms with Crippen LogP contribution in [0.4, 0.5) is 18.9 Å². The number of hydrogen-bond acceptors (Lipinski definition) is 5. The van der Waals surface area contributed by atoms with E-state index in [0.717, 1.165) is 44.6 Å². The van der Waals surface area contributed by atoms with Gasteiger partial charge in [0.15, 0.2) is 0 Å². The van der Waals surface area contributed by atoms with Crippen LogP contribution in [0.5, 0.6) is 0 Å². The molecule has 3 aromatic rings. The Kier molecular flexibility index (Phi) is 8.04. The molecule has 9 heteroatoms. The number of halogens is 3. The molecule has 1 saturated heterocycles. The van der Waals surface area contributed by atoms with E-state index in [4.69, 9.17) is 4.74 Å². The van der Waals surface area contributed by atoms with Crippen LogP contribution in [0.15, 0.2) is 36.5 Å². The standard InChI is InChI=1S/C28H30F3N5O/c1-27(2,18-32)26-10-8-22(17-34-26)33-13-3-4-23-16-24-25(36(23)19-28(29,30)31)9-7-21(35-24)6-5-20-11-14-37-15-12-20/h7-10,16-17,20,33H,5-6,11-15,19H2,1-2H3. The van der Waals surface area contributed by atoms with Crippen molar-refractivity contribution in [2.24, 2.45) is 5.92 Å². The maximum Gasteiger partial charge on any atom is 0.406 e. The van der Waals surface area contributed by atoms with Crippen molar-refractivity contribution in [3.05, 3.63) is 53.6 Å². The van der Waals surface area contributed by atoms with Gasteiger partial charge in [-0.3, -0.25) is 9.97 Å². The van der Waals surface area contributed by atoms with E-state index in [2.05, 4.69) is 33.2 Å². The number of pyridine rings is 2. The van der Waals surface area contributed by atoms with Crippen molar-refractivity contribution in [2.75, 3.05) is 25.1 Å². The first kappa shape index (κ1) is 26.5. The van der Waals surface area contributed by atoms with E-state index in [9.17, 15) is 18.4 Å². The lowest BCUT2D eigenvalue weighted by Crippen LogP contribution is -2.18. The fourth-order valence-electron chi connectivity index (χ4n) is 4.37. The molecule has 3 aromatic heterocycles. The third-order valence-corrected chi connectivity index (χ3v) is 6.58. The van der Waals surface area contributed by atoms with Crippen molar-refractivity contribution in [3.63, 3.8) is 0 Å². The lowest BCUT2D eigenvalue weighted by molar-refractivity contribution is -0.140. The second-order valence-electron chi connectivity index (χ2n) is 9.86. The second kappa shape index (κ2) is 11.2. The highest BCUT2D eigenvalue weighted by atomic mass is 19.4. The van der Waals surface area contributed by atoms with E-state index >= 15 is 0 Å². The Morgan fingerprint density at radius 1 is 1.16 bits per heavy atom. The van der Waals surface area contributed by atoms with Crippen LogP contribution in [0.1, 0.15) is 50.2 Å². The van der Waals surface area contributed by atoms with Crippen LogP contribution >= 0.6 is 0 Å². The number of rotatable bonds is 7. The van der Waals surface area contributed by atoms with Crippen LogP contribution in [-0.2, 0) is 23.1 Å². The van der Waals surface area contributed by atoms with E-state index < -0.39 is 18.1 Å². The van der Waals surface area contributed by atoms with Crippen molar-refractivity contribution in [1.82, 2.24) is 14.5 Å². The minimum absolute atomic E-state index is 0.222. The van der Waals surface area contributed by atoms with Gasteiger partial charge in [0, 0.05) is 18.9 Å². The van der Waals surface area contributed by atoms with Gasteiger partial charge in [-0.05, 0) is 81.7 Å². The molecule has 0 atom stereocenters. The maximum absolute atomic E-state index is 13.3. The molecule has 0 aromatic carbocycles. The SMILES string of the molecule is CC(C)(C#N)c1ccc(NCC#Cc2cc3nc(CCC4CCOCC4)ccc3n2CC(F)(F)F)cn1. The Morgan fingerprint density at radius 2 is 1.95 bits per heavy atom. The zero-order chi connectivity index (χ0) is 26.5. The monoisotopic (exact) mass is 509 g/mol. The van der Waals surface area contributed by atoms with Gasteiger partial charge in [-0.15, -0.1) is 0 Å². The molecule has 6 nitrogen and oxygen atoms in total. The van der Waals surface area contributed by atoms with Crippen LogP contribution in [-0.4, -0.2) is 40.5 Å². The normalized spacial score (nSPS) is 14.7. The van der Waals surface area contributed by atoms with Gasteiger partial charge in [-0.1, -0.05) is 5.92 Å². The molecule has 0 unspecified atom stereocenters. The van der Waals surface area contributed by atoms with Crippen molar-refractivity contribution < 1.29 is 17.9 Å². The number of aromatic nitrogens is 3. The number of aryl methyl sites for hydroxylation is 1. The Labute approximate surface area is 214 Å². The molecule has 4 rings (SSSR count). The van der Waals surface area contributed by atoms with Crippen LogP contribution in [0.25, 0.3) is 11.0 Å². The molecule has 4 heterocycles. The minimum Gasteiger partial charge on any atom is -0.381 e. The Bertz CT molecular complexity index is 1320. The summed E-state index contributed by atoms with van der Waals surface area (Å²) in [7, 11) is 0. The average Bonchev–Trinajstić information content (AvgIpc) is 3.21. The Balaban J connectivity index is 1.48. The summed E-state index contributed by atoms with van der Waals surface area (Å²) in [4.78, 5) is 8.97. The van der Waals surface area contributed by atoms with Crippen molar-refractivity contribution >= 4 is 16.7 Å². The zero-order valence-electron chi connectivity index (χ0n) is 21.0. The molecule has 0 amide bonds. The van der Waals surface area contributed by atoms with Gasteiger partial charge < -0.3 is 14.6 Å². The average molecular weight is 510 g/mol. The summed E-state index contributed by atoms with van der Waals surface area (Å²) in [5.41, 5.74) is 2.76. The lowest BCUT2D eigenvalue weighted by atomic mass is 9.91. The number of fused-ring (bicyclic) bond motifs is 1. The van der Waals surface area contributed by atoms with Gasteiger partial charge in [-0.2, -0.15) is 18.4 Å².